The Hall–Kier alpha value is -3.36. The Kier molecular flexibility index (Phi) is 7.87. The molecule has 1 aromatic carbocycles. The van der Waals surface area contributed by atoms with E-state index < -0.39 is 11.6 Å². The maximum Gasteiger partial charge on any atom is 0.408 e. The van der Waals surface area contributed by atoms with E-state index in [1.165, 1.54) is 11.8 Å². The highest BCUT2D eigenvalue weighted by atomic mass is 16.5. The molecule has 2 N–H and O–H groups in total. The number of hydrogen-bond acceptors (Lipinski definition) is 6. The van der Waals surface area contributed by atoms with Crippen molar-refractivity contribution in [3.8, 4) is 17.2 Å². The lowest BCUT2D eigenvalue weighted by atomic mass is 9.94. The molecule has 1 unspecified atom stereocenters. The second-order valence-corrected chi connectivity index (χ2v) is 10.3. The average molecular weight is 488 g/mol. The summed E-state index contributed by atoms with van der Waals surface area (Å²) in [6.07, 6.45) is 3.44. The number of hydrazine groups is 1. The first kappa shape index (κ1) is 26.2. The van der Waals surface area contributed by atoms with Crippen LogP contribution in [0.1, 0.15) is 53.5 Å². The molecule has 35 heavy (non-hydrogen) atoms. The van der Waals surface area contributed by atoms with Gasteiger partial charge in [-0.3, -0.25) is 20.1 Å². The summed E-state index contributed by atoms with van der Waals surface area (Å²) in [5.41, 5.74) is 5.16. The van der Waals surface area contributed by atoms with Gasteiger partial charge in [-0.25, -0.2) is 4.79 Å². The van der Waals surface area contributed by atoms with Gasteiger partial charge in [0, 0.05) is 24.2 Å². The fraction of sp³-hybridized carbons (Fsp3) is 0.538. The highest BCUT2D eigenvalue weighted by Crippen LogP contribution is 2.46. The number of hydrogen-bond donors (Lipinski definition) is 2. The van der Waals surface area contributed by atoms with E-state index in [9.17, 15) is 14.7 Å². The topological polar surface area (TPSA) is 101 Å². The van der Waals surface area contributed by atoms with Gasteiger partial charge in [-0.15, -0.1) is 0 Å². The van der Waals surface area contributed by atoms with Gasteiger partial charge < -0.3 is 19.3 Å². The number of amides is 2. The number of carboxylic acid groups (broad SMARTS) is 1. The predicted octanol–water partition coefficient (Wildman–Crippen LogP) is 4.29. The van der Waals surface area contributed by atoms with Crippen LogP contribution in [-0.2, 0) is 4.79 Å². The first-order chi connectivity index (χ1) is 16.4. The number of nitrogens with one attached hydrogen (secondary N) is 1. The van der Waals surface area contributed by atoms with Crippen molar-refractivity contribution in [2.75, 3.05) is 26.9 Å². The van der Waals surface area contributed by atoms with Crippen LogP contribution in [0.4, 0.5) is 4.79 Å². The van der Waals surface area contributed by atoms with E-state index in [-0.39, 0.29) is 24.5 Å². The minimum Gasteiger partial charge on any atom is -0.490 e. The quantitative estimate of drug-likeness (QED) is 0.564. The first-order valence-electron chi connectivity index (χ1n) is 11.9. The Labute approximate surface area is 207 Å². The third-order valence-electron chi connectivity index (χ3n) is 5.92. The Morgan fingerprint density at radius 3 is 2.57 bits per heavy atom. The molecule has 1 aromatic rings. The molecule has 9 heteroatoms. The Morgan fingerprint density at radius 2 is 2.00 bits per heavy atom. The van der Waals surface area contributed by atoms with Crippen LogP contribution in [0.15, 0.2) is 30.0 Å². The Balaban J connectivity index is 1.88. The summed E-state index contributed by atoms with van der Waals surface area (Å²) >= 11 is 0. The standard InChI is InChI=1S/C26H37N3O6/c1-16(2)12-19(29(25(31)32)26(4,5)6)15-34-22-9-8-20-21-13-28(27-17(3)30)11-10-18(21)14-35-23(20)24(22)33-7/h8-11,16,19H,12-15H2,1-7H3,(H,27,30)(H,31,32). The van der Waals surface area contributed by atoms with E-state index in [1.807, 2.05) is 45.2 Å². The van der Waals surface area contributed by atoms with Crippen molar-refractivity contribution >= 4 is 17.6 Å². The highest BCUT2D eigenvalue weighted by Gasteiger charge is 2.35. The lowest BCUT2D eigenvalue weighted by molar-refractivity contribution is -0.122. The smallest absolute Gasteiger partial charge is 0.408 e. The third kappa shape index (κ3) is 6.01. The largest absolute Gasteiger partial charge is 0.490 e. The molecule has 0 saturated heterocycles. The van der Waals surface area contributed by atoms with Gasteiger partial charge in [0.15, 0.2) is 11.5 Å². The second kappa shape index (κ2) is 10.5. The normalized spacial score (nSPS) is 15.7. The van der Waals surface area contributed by atoms with Crippen molar-refractivity contribution in [1.82, 2.24) is 15.3 Å². The molecule has 192 valence electrons. The summed E-state index contributed by atoms with van der Waals surface area (Å²) in [5, 5.41) is 11.7. The zero-order valence-corrected chi connectivity index (χ0v) is 21.7. The number of nitrogens with zero attached hydrogens (tertiary/aromatic N) is 2. The summed E-state index contributed by atoms with van der Waals surface area (Å²) in [6, 6.07) is 3.41. The predicted molar refractivity (Wildman–Crippen MR) is 133 cm³/mol. The number of benzene rings is 1. The second-order valence-electron chi connectivity index (χ2n) is 10.3. The van der Waals surface area contributed by atoms with E-state index in [0.29, 0.717) is 36.8 Å². The molecular formula is C26H37N3O6. The number of ether oxygens (including phenoxy) is 3. The molecule has 1 atom stereocenters. The average Bonchev–Trinajstić information content (AvgIpc) is 2.74. The number of rotatable bonds is 8. The maximum atomic E-state index is 12.1. The molecule has 0 aromatic heterocycles. The van der Waals surface area contributed by atoms with Crippen LogP contribution in [0.2, 0.25) is 0 Å². The van der Waals surface area contributed by atoms with Gasteiger partial charge in [0.25, 0.3) is 0 Å². The van der Waals surface area contributed by atoms with Gasteiger partial charge in [0.05, 0.1) is 19.7 Å². The zero-order chi connectivity index (χ0) is 25.9. The molecule has 2 aliphatic heterocycles. The van der Waals surface area contributed by atoms with Crippen molar-refractivity contribution in [3.05, 3.63) is 35.5 Å². The minimum atomic E-state index is -0.971. The van der Waals surface area contributed by atoms with E-state index >= 15 is 0 Å². The molecule has 0 saturated carbocycles. The molecule has 0 fully saturated rings. The zero-order valence-electron chi connectivity index (χ0n) is 21.7. The maximum absolute atomic E-state index is 12.1. The molecule has 2 amide bonds. The van der Waals surface area contributed by atoms with E-state index in [2.05, 4.69) is 19.3 Å². The summed E-state index contributed by atoms with van der Waals surface area (Å²) in [5.74, 6) is 1.68. The van der Waals surface area contributed by atoms with Crippen molar-refractivity contribution < 1.29 is 28.9 Å². The lowest BCUT2D eigenvalue weighted by Gasteiger charge is -2.40. The fourth-order valence-corrected chi connectivity index (χ4v) is 4.63. The van der Waals surface area contributed by atoms with Crippen LogP contribution in [0.5, 0.6) is 17.2 Å². The minimum absolute atomic E-state index is 0.145. The third-order valence-corrected chi connectivity index (χ3v) is 5.92. The highest BCUT2D eigenvalue weighted by molar-refractivity contribution is 5.82. The van der Waals surface area contributed by atoms with Crippen molar-refractivity contribution in [2.45, 2.75) is 59.5 Å². The van der Waals surface area contributed by atoms with Crippen molar-refractivity contribution in [3.63, 3.8) is 0 Å². The van der Waals surface area contributed by atoms with Gasteiger partial charge in [-0.2, -0.15) is 0 Å². The summed E-state index contributed by atoms with van der Waals surface area (Å²) in [4.78, 5) is 25.1. The van der Waals surface area contributed by atoms with Crippen LogP contribution in [0, 0.1) is 5.92 Å². The van der Waals surface area contributed by atoms with Crippen LogP contribution in [0.25, 0.3) is 5.57 Å². The van der Waals surface area contributed by atoms with Gasteiger partial charge in [-0.1, -0.05) is 13.8 Å². The summed E-state index contributed by atoms with van der Waals surface area (Å²) < 4.78 is 17.9. The molecule has 0 bridgehead atoms. The van der Waals surface area contributed by atoms with E-state index in [1.54, 1.807) is 12.1 Å². The summed E-state index contributed by atoms with van der Waals surface area (Å²) in [6.45, 7) is 12.3. The van der Waals surface area contributed by atoms with Crippen molar-refractivity contribution in [1.29, 1.82) is 0 Å². The monoisotopic (exact) mass is 487 g/mol. The molecule has 0 aliphatic carbocycles. The van der Waals surface area contributed by atoms with Gasteiger partial charge in [0.1, 0.15) is 13.2 Å². The lowest BCUT2D eigenvalue weighted by Crippen LogP contribution is -2.53. The van der Waals surface area contributed by atoms with E-state index in [4.69, 9.17) is 14.2 Å². The van der Waals surface area contributed by atoms with Crippen LogP contribution in [0.3, 0.4) is 0 Å². The SMILES string of the molecule is COc1c(OCC(CC(C)C)N(C(=O)O)C(C)(C)C)ccc2c1OCC1=C2CN(NC(C)=O)C=C1. The van der Waals surface area contributed by atoms with Gasteiger partial charge in [-0.05, 0) is 62.5 Å². The molecule has 0 radical (unpaired) electrons. The molecule has 3 rings (SSSR count). The van der Waals surface area contributed by atoms with Gasteiger partial charge in [0.2, 0.25) is 11.7 Å². The number of methoxy groups -OCH3 is 1. The van der Waals surface area contributed by atoms with Crippen LogP contribution >= 0.6 is 0 Å². The number of carbonyl (C=O) groups is 2. The Morgan fingerprint density at radius 1 is 1.29 bits per heavy atom. The van der Waals surface area contributed by atoms with E-state index in [0.717, 1.165) is 16.7 Å². The number of fused-ring (bicyclic) bond motifs is 2. The molecule has 0 spiro atoms. The van der Waals surface area contributed by atoms with Crippen molar-refractivity contribution in [2.24, 2.45) is 5.92 Å². The fourth-order valence-electron chi connectivity index (χ4n) is 4.63. The number of carbonyl (C=O) groups excluding carboxylic acids is 1. The summed E-state index contributed by atoms with van der Waals surface area (Å²) in [7, 11) is 1.56. The first-order valence-corrected chi connectivity index (χ1v) is 11.9. The molecule has 9 nitrogen and oxygen atoms in total. The molecule has 2 heterocycles. The van der Waals surface area contributed by atoms with Crippen LogP contribution in [-0.4, -0.2) is 65.5 Å². The van der Waals surface area contributed by atoms with Crippen LogP contribution < -0.4 is 19.6 Å². The van der Waals surface area contributed by atoms with Gasteiger partial charge >= 0.3 is 6.09 Å². The Bertz CT molecular complexity index is 1020. The molecular weight excluding hydrogens is 450 g/mol. The molecule has 2 aliphatic rings.